The number of carbonyl (C=O) groups excluding carboxylic acids is 1. The van der Waals surface area contributed by atoms with Crippen LogP contribution < -0.4 is 5.32 Å². The van der Waals surface area contributed by atoms with Crippen molar-refractivity contribution >= 4 is 6.09 Å². The second-order valence-electron chi connectivity index (χ2n) is 3.89. The second-order valence-corrected chi connectivity index (χ2v) is 3.89. The molecule has 13 heavy (non-hydrogen) atoms. The monoisotopic (exact) mass is 187 g/mol. The molecule has 0 heterocycles. The van der Waals surface area contributed by atoms with Gasteiger partial charge in [0.25, 0.3) is 0 Å². The van der Waals surface area contributed by atoms with Crippen molar-refractivity contribution in [3.05, 3.63) is 0 Å². The van der Waals surface area contributed by atoms with Crippen molar-refractivity contribution in [3.63, 3.8) is 0 Å². The second kappa shape index (κ2) is 3.96. The smallest absolute Gasteiger partial charge is 0.407 e. The van der Waals surface area contributed by atoms with Gasteiger partial charge in [-0.1, -0.05) is 13.3 Å². The van der Waals surface area contributed by atoms with Gasteiger partial charge in [-0.15, -0.1) is 0 Å². The summed E-state index contributed by atoms with van der Waals surface area (Å²) in [5.41, 5.74) is -0.172. The zero-order chi connectivity index (χ0) is 9.90. The number of rotatable bonds is 2. The highest BCUT2D eigenvalue weighted by Gasteiger charge is 2.39. The van der Waals surface area contributed by atoms with Crippen molar-refractivity contribution < 1.29 is 14.6 Å². The molecule has 76 valence electrons. The molecule has 1 rings (SSSR count). The Morgan fingerprint density at radius 1 is 1.77 bits per heavy atom. The summed E-state index contributed by atoms with van der Waals surface area (Å²) < 4.78 is 4.52. The van der Waals surface area contributed by atoms with E-state index in [1.54, 1.807) is 0 Å². The molecule has 0 bridgehead atoms. The van der Waals surface area contributed by atoms with E-state index in [2.05, 4.69) is 10.1 Å². The molecule has 4 nitrogen and oxygen atoms in total. The van der Waals surface area contributed by atoms with Crippen molar-refractivity contribution in [2.45, 2.75) is 32.2 Å². The lowest BCUT2D eigenvalue weighted by atomic mass is 9.86. The first-order valence-corrected chi connectivity index (χ1v) is 4.58. The first-order chi connectivity index (χ1) is 6.12. The summed E-state index contributed by atoms with van der Waals surface area (Å²) in [4.78, 5) is 11.0. The summed E-state index contributed by atoms with van der Waals surface area (Å²) in [5, 5.41) is 11.9. The van der Waals surface area contributed by atoms with Crippen LogP contribution in [0.25, 0.3) is 0 Å². The Morgan fingerprint density at radius 2 is 2.46 bits per heavy atom. The van der Waals surface area contributed by atoms with Gasteiger partial charge in [0.1, 0.15) is 0 Å². The average molecular weight is 187 g/mol. The average Bonchev–Trinajstić information content (AvgIpc) is 2.49. The number of amides is 1. The zero-order valence-corrected chi connectivity index (χ0v) is 8.17. The maximum atomic E-state index is 11.0. The topological polar surface area (TPSA) is 58.6 Å². The minimum absolute atomic E-state index is 0.0462. The van der Waals surface area contributed by atoms with Crippen LogP contribution in [0.3, 0.4) is 0 Å². The van der Waals surface area contributed by atoms with Crippen molar-refractivity contribution in [2.75, 3.05) is 13.7 Å². The van der Waals surface area contributed by atoms with Crippen molar-refractivity contribution in [3.8, 4) is 0 Å². The maximum absolute atomic E-state index is 11.0. The third-order valence-corrected chi connectivity index (χ3v) is 2.92. The SMILES string of the molecule is COC(=O)NC1CCCC1(C)CO. The number of carbonyl (C=O) groups is 1. The van der Waals surface area contributed by atoms with Gasteiger partial charge in [0.2, 0.25) is 0 Å². The molecular weight excluding hydrogens is 170 g/mol. The van der Waals surface area contributed by atoms with E-state index in [1.165, 1.54) is 7.11 Å². The largest absolute Gasteiger partial charge is 0.453 e. The van der Waals surface area contributed by atoms with Crippen LogP contribution in [-0.2, 0) is 4.74 Å². The molecule has 4 heteroatoms. The van der Waals surface area contributed by atoms with E-state index < -0.39 is 6.09 Å². The predicted octanol–water partition coefficient (Wildman–Crippen LogP) is 0.893. The number of aliphatic hydroxyl groups excluding tert-OH is 1. The lowest BCUT2D eigenvalue weighted by molar-refractivity contribution is 0.109. The zero-order valence-electron chi connectivity index (χ0n) is 8.17. The van der Waals surface area contributed by atoms with E-state index in [4.69, 9.17) is 0 Å². The van der Waals surface area contributed by atoms with Gasteiger partial charge in [-0.05, 0) is 12.8 Å². The van der Waals surface area contributed by atoms with E-state index in [-0.39, 0.29) is 18.1 Å². The van der Waals surface area contributed by atoms with E-state index in [0.717, 1.165) is 19.3 Å². The van der Waals surface area contributed by atoms with Crippen LogP contribution in [0, 0.1) is 5.41 Å². The van der Waals surface area contributed by atoms with Gasteiger partial charge in [0.05, 0.1) is 13.7 Å². The number of hydrogen-bond donors (Lipinski definition) is 2. The standard InChI is InChI=1S/C9H17NO3/c1-9(6-11)5-3-4-7(9)10-8(12)13-2/h7,11H,3-6H2,1-2H3,(H,10,12). The summed E-state index contributed by atoms with van der Waals surface area (Å²) in [6.07, 6.45) is 2.52. The van der Waals surface area contributed by atoms with Crippen LogP contribution in [-0.4, -0.2) is 31.0 Å². The number of nitrogens with one attached hydrogen (secondary N) is 1. The van der Waals surface area contributed by atoms with Gasteiger partial charge in [0.15, 0.2) is 0 Å². The van der Waals surface area contributed by atoms with E-state index in [1.807, 2.05) is 6.92 Å². The molecule has 2 unspecified atom stereocenters. The van der Waals surface area contributed by atoms with Gasteiger partial charge < -0.3 is 15.2 Å². The molecule has 0 aliphatic heterocycles. The van der Waals surface area contributed by atoms with Crippen LogP contribution in [0.2, 0.25) is 0 Å². The van der Waals surface area contributed by atoms with Gasteiger partial charge in [-0.25, -0.2) is 4.79 Å². The Morgan fingerprint density at radius 3 is 3.00 bits per heavy atom. The number of methoxy groups -OCH3 is 1. The lowest BCUT2D eigenvalue weighted by Crippen LogP contribution is -2.44. The van der Waals surface area contributed by atoms with Gasteiger partial charge in [0, 0.05) is 11.5 Å². The Labute approximate surface area is 78.3 Å². The molecule has 0 aromatic heterocycles. The van der Waals surface area contributed by atoms with E-state index in [9.17, 15) is 9.90 Å². The van der Waals surface area contributed by atoms with Gasteiger partial charge in [-0.3, -0.25) is 0 Å². The summed E-state index contributed by atoms with van der Waals surface area (Å²) in [6, 6.07) is 0.0462. The van der Waals surface area contributed by atoms with Crippen LogP contribution >= 0.6 is 0 Å². The predicted molar refractivity (Wildman–Crippen MR) is 48.4 cm³/mol. The minimum atomic E-state index is -0.411. The molecule has 1 aliphatic carbocycles. The summed E-state index contributed by atoms with van der Waals surface area (Å²) in [5.74, 6) is 0. The van der Waals surface area contributed by atoms with Crippen molar-refractivity contribution in [1.29, 1.82) is 0 Å². The van der Waals surface area contributed by atoms with Crippen LogP contribution in [0.15, 0.2) is 0 Å². The minimum Gasteiger partial charge on any atom is -0.453 e. The number of aliphatic hydroxyl groups is 1. The number of hydrogen-bond acceptors (Lipinski definition) is 3. The van der Waals surface area contributed by atoms with Gasteiger partial charge >= 0.3 is 6.09 Å². The molecule has 0 radical (unpaired) electrons. The third-order valence-electron chi connectivity index (χ3n) is 2.92. The number of alkyl carbamates (subject to hydrolysis) is 1. The highest BCUT2D eigenvalue weighted by molar-refractivity contribution is 5.67. The molecule has 0 aromatic rings. The summed E-state index contributed by atoms with van der Waals surface area (Å²) in [7, 11) is 1.35. The molecule has 2 N–H and O–H groups in total. The first-order valence-electron chi connectivity index (χ1n) is 4.58. The van der Waals surface area contributed by atoms with Crippen molar-refractivity contribution in [1.82, 2.24) is 5.32 Å². The molecule has 0 saturated heterocycles. The van der Waals surface area contributed by atoms with Gasteiger partial charge in [-0.2, -0.15) is 0 Å². The molecular formula is C9H17NO3. The summed E-state index contributed by atoms with van der Waals surface area (Å²) >= 11 is 0. The molecule has 1 aliphatic rings. The maximum Gasteiger partial charge on any atom is 0.407 e. The van der Waals surface area contributed by atoms with Crippen LogP contribution in [0.5, 0.6) is 0 Å². The molecule has 2 atom stereocenters. The fraction of sp³-hybridized carbons (Fsp3) is 0.889. The van der Waals surface area contributed by atoms with Crippen LogP contribution in [0.4, 0.5) is 4.79 Å². The highest BCUT2D eigenvalue weighted by atomic mass is 16.5. The van der Waals surface area contributed by atoms with E-state index in [0.29, 0.717) is 0 Å². The number of ether oxygens (including phenoxy) is 1. The first kappa shape index (κ1) is 10.3. The molecule has 1 fully saturated rings. The molecule has 0 spiro atoms. The normalized spacial score (nSPS) is 33.0. The Bertz CT molecular complexity index is 195. The Balaban J connectivity index is 2.53. The van der Waals surface area contributed by atoms with Crippen LogP contribution in [0.1, 0.15) is 26.2 Å². The Kier molecular flexibility index (Phi) is 3.14. The third kappa shape index (κ3) is 2.12. The Hall–Kier alpha value is -0.770. The highest BCUT2D eigenvalue weighted by Crippen LogP contribution is 2.37. The fourth-order valence-corrected chi connectivity index (χ4v) is 1.87. The molecule has 1 amide bonds. The molecule has 1 saturated carbocycles. The fourth-order valence-electron chi connectivity index (χ4n) is 1.87. The van der Waals surface area contributed by atoms with E-state index >= 15 is 0 Å². The summed E-state index contributed by atoms with van der Waals surface area (Å²) in [6.45, 7) is 2.10. The molecule has 0 aromatic carbocycles. The van der Waals surface area contributed by atoms with Crippen molar-refractivity contribution in [2.24, 2.45) is 5.41 Å². The lowest BCUT2D eigenvalue weighted by Gasteiger charge is -2.29. The quantitative estimate of drug-likeness (QED) is 0.675.